The Morgan fingerprint density at radius 2 is 1.56 bits per heavy atom. The van der Waals surface area contributed by atoms with Crippen LogP contribution in [-0.2, 0) is 34.5 Å². The van der Waals surface area contributed by atoms with Gasteiger partial charge in [0.2, 0.25) is 11.3 Å². The van der Waals surface area contributed by atoms with Crippen LogP contribution in [0.3, 0.4) is 0 Å². The third-order valence-corrected chi connectivity index (χ3v) is 7.51. The van der Waals surface area contributed by atoms with Crippen molar-refractivity contribution in [2.75, 3.05) is 11.9 Å². The first kappa shape index (κ1) is 37.7. The lowest BCUT2D eigenvalue weighted by molar-refractivity contribution is -0.384. The molecule has 10 nitrogen and oxygen atoms in total. The molecule has 0 amide bonds. The highest BCUT2D eigenvalue weighted by Gasteiger charge is 2.61. The fourth-order valence-corrected chi connectivity index (χ4v) is 4.98. The molecule has 266 valence electrons. The van der Waals surface area contributed by atoms with E-state index in [4.69, 9.17) is 13.9 Å². The summed E-state index contributed by atoms with van der Waals surface area (Å²) in [6.07, 6.45) is -8.62. The SMILES string of the molecule is C=CCC[C@@](OCc1ccccc1)(c1nnc(-c2nc(NC(C)(CC=C)COCc3ccccc3)c(C(F)(F)F)cc2[N+](=O)[O-])o1)C(F)(F)F. The minimum atomic E-state index is -5.16. The Kier molecular flexibility index (Phi) is 11.8. The molecule has 0 fully saturated rings. The number of nitrogens with zero attached hydrogens (tertiary/aromatic N) is 4. The monoisotopic (exact) mass is 705 g/mol. The van der Waals surface area contributed by atoms with Gasteiger partial charge < -0.3 is 19.2 Å². The maximum Gasteiger partial charge on any atom is 0.426 e. The Labute approximate surface area is 283 Å². The molecule has 2 aromatic carbocycles. The van der Waals surface area contributed by atoms with Crippen molar-refractivity contribution in [1.29, 1.82) is 0 Å². The Bertz CT molecular complexity index is 1770. The minimum Gasteiger partial charge on any atom is -0.415 e. The molecule has 1 unspecified atom stereocenters. The van der Waals surface area contributed by atoms with Gasteiger partial charge in [0.05, 0.1) is 30.3 Å². The summed E-state index contributed by atoms with van der Waals surface area (Å²) in [6, 6.07) is 17.1. The molecule has 2 aromatic heterocycles. The summed E-state index contributed by atoms with van der Waals surface area (Å²) in [7, 11) is 0. The predicted octanol–water partition coefficient (Wildman–Crippen LogP) is 8.96. The second-order valence-corrected chi connectivity index (χ2v) is 11.5. The van der Waals surface area contributed by atoms with Gasteiger partial charge in [-0.1, -0.05) is 72.8 Å². The number of hydrogen-bond acceptors (Lipinski definition) is 9. The summed E-state index contributed by atoms with van der Waals surface area (Å²) in [5.41, 5.74) is -7.00. The average Bonchev–Trinajstić information content (AvgIpc) is 3.55. The number of nitro groups is 1. The summed E-state index contributed by atoms with van der Waals surface area (Å²) in [4.78, 5) is 14.7. The van der Waals surface area contributed by atoms with Gasteiger partial charge in [0.15, 0.2) is 0 Å². The molecule has 0 radical (unpaired) electrons. The van der Waals surface area contributed by atoms with Crippen molar-refractivity contribution in [2.45, 2.75) is 62.9 Å². The highest BCUT2D eigenvalue weighted by atomic mass is 19.4. The standard InChI is InChI=1S/C34H33F6N5O5/c1-4-6-18-32(34(38,39)40,49-21-24-15-11-8-12-16-24)30-44-43-29(50-30)27-26(45(46)47)19-25(33(35,36)37)28(41-27)42-31(3,17-5-2)22-48-20-23-13-9-7-10-14-23/h4-5,7-16,19H,1-2,6,17-18,20-22H2,3H3,(H,41,42)/t31?,32-/m1/s1. The average molecular weight is 706 g/mol. The van der Waals surface area contributed by atoms with E-state index in [2.05, 4.69) is 33.7 Å². The maximum atomic E-state index is 14.9. The van der Waals surface area contributed by atoms with E-state index < -0.39 is 76.0 Å². The zero-order valence-electron chi connectivity index (χ0n) is 26.8. The van der Waals surface area contributed by atoms with Crippen LogP contribution < -0.4 is 5.32 Å². The van der Waals surface area contributed by atoms with Crippen molar-refractivity contribution in [3.05, 3.63) is 125 Å². The number of nitrogens with one attached hydrogen (secondary N) is 1. The normalized spacial score (nSPS) is 14.4. The molecule has 4 rings (SSSR count). The number of halogens is 6. The van der Waals surface area contributed by atoms with Gasteiger partial charge in [-0.25, -0.2) is 4.98 Å². The van der Waals surface area contributed by atoms with Crippen molar-refractivity contribution in [1.82, 2.24) is 15.2 Å². The number of benzene rings is 2. The molecule has 0 aliphatic heterocycles. The second kappa shape index (κ2) is 15.6. The van der Waals surface area contributed by atoms with Crippen LogP contribution in [0, 0.1) is 10.1 Å². The first-order valence-electron chi connectivity index (χ1n) is 15.1. The molecular formula is C34H33F6N5O5. The minimum absolute atomic E-state index is 0.0496. The van der Waals surface area contributed by atoms with Crippen LogP contribution in [0.15, 0.2) is 96.5 Å². The molecule has 2 atom stereocenters. The molecule has 4 aromatic rings. The third kappa shape index (κ3) is 8.92. The third-order valence-electron chi connectivity index (χ3n) is 7.51. The number of hydrogen-bond donors (Lipinski definition) is 1. The van der Waals surface area contributed by atoms with E-state index >= 15 is 0 Å². The summed E-state index contributed by atoms with van der Waals surface area (Å²) in [5, 5.41) is 21.8. The highest BCUT2D eigenvalue weighted by molar-refractivity contribution is 5.68. The van der Waals surface area contributed by atoms with Crippen LogP contribution in [-0.4, -0.2) is 38.4 Å². The topological polar surface area (TPSA) is 125 Å². The number of allylic oxidation sites excluding steroid dienone is 1. The molecule has 0 saturated carbocycles. The molecule has 0 aliphatic rings. The van der Waals surface area contributed by atoms with Crippen LogP contribution in [0.5, 0.6) is 0 Å². The van der Waals surface area contributed by atoms with Gasteiger partial charge in [-0.15, -0.1) is 23.4 Å². The number of alkyl halides is 6. The van der Waals surface area contributed by atoms with Gasteiger partial charge in [-0.2, -0.15) is 26.3 Å². The van der Waals surface area contributed by atoms with Crippen LogP contribution >= 0.6 is 0 Å². The van der Waals surface area contributed by atoms with E-state index in [1.54, 1.807) is 48.5 Å². The zero-order valence-corrected chi connectivity index (χ0v) is 26.8. The predicted molar refractivity (Wildman–Crippen MR) is 171 cm³/mol. The van der Waals surface area contributed by atoms with E-state index in [1.807, 2.05) is 0 Å². The number of ether oxygens (including phenoxy) is 2. The zero-order chi connectivity index (χ0) is 36.6. The van der Waals surface area contributed by atoms with Gasteiger partial charge in [0.25, 0.3) is 11.8 Å². The maximum absolute atomic E-state index is 14.9. The Morgan fingerprint density at radius 3 is 2.10 bits per heavy atom. The highest BCUT2D eigenvalue weighted by Crippen LogP contribution is 2.47. The number of aromatic nitrogens is 3. The lowest BCUT2D eigenvalue weighted by Crippen LogP contribution is -2.45. The molecule has 50 heavy (non-hydrogen) atoms. The molecule has 1 N–H and O–H groups in total. The van der Waals surface area contributed by atoms with E-state index in [9.17, 15) is 36.5 Å². The van der Waals surface area contributed by atoms with Crippen molar-refractivity contribution in [3.8, 4) is 11.6 Å². The molecule has 0 aliphatic carbocycles. The molecule has 0 saturated heterocycles. The first-order chi connectivity index (χ1) is 23.6. The second-order valence-electron chi connectivity index (χ2n) is 11.5. The fraction of sp³-hybridized carbons (Fsp3) is 0.324. The Hall–Kier alpha value is -5.09. The quantitative estimate of drug-likeness (QED) is 0.0496. The van der Waals surface area contributed by atoms with E-state index in [0.717, 1.165) is 5.56 Å². The summed E-state index contributed by atoms with van der Waals surface area (Å²) >= 11 is 0. The van der Waals surface area contributed by atoms with Crippen molar-refractivity contribution in [2.24, 2.45) is 0 Å². The first-order valence-corrected chi connectivity index (χ1v) is 15.1. The summed E-state index contributed by atoms with van der Waals surface area (Å²) < 4.78 is 104. The van der Waals surface area contributed by atoms with E-state index in [0.29, 0.717) is 5.56 Å². The number of anilines is 1. The van der Waals surface area contributed by atoms with Crippen LogP contribution in [0.1, 0.15) is 48.8 Å². The van der Waals surface area contributed by atoms with E-state index in [-0.39, 0.29) is 32.1 Å². The van der Waals surface area contributed by atoms with Crippen molar-refractivity contribution in [3.63, 3.8) is 0 Å². The van der Waals surface area contributed by atoms with Crippen LogP contribution in [0.2, 0.25) is 0 Å². The van der Waals surface area contributed by atoms with E-state index in [1.165, 1.54) is 31.2 Å². The largest absolute Gasteiger partial charge is 0.426 e. The van der Waals surface area contributed by atoms with Gasteiger partial charge in [0.1, 0.15) is 11.4 Å². The summed E-state index contributed by atoms with van der Waals surface area (Å²) in [5.74, 6) is -2.96. The molecule has 16 heteroatoms. The molecule has 0 bridgehead atoms. The van der Waals surface area contributed by atoms with Gasteiger partial charge in [0, 0.05) is 6.07 Å². The van der Waals surface area contributed by atoms with Gasteiger partial charge in [-0.3, -0.25) is 10.1 Å². The lowest BCUT2D eigenvalue weighted by atomic mass is 9.96. The fourth-order valence-electron chi connectivity index (χ4n) is 4.98. The van der Waals surface area contributed by atoms with Gasteiger partial charge in [-0.05, 0) is 37.3 Å². The molecule has 0 spiro atoms. The molecular weight excluding hydrogens is 672 g/mol. The lowest BCUT2D eigenvalue weighted by Gasteiger charge is -2.32. The number of pyridine rings is 1. The van der Waals surface area contributed by atoms with Crippen molar-refractivity contribution < 1.29 is 45.2 Å². The van der Waals surface area contributed by atoms with Gasteiger partial charge >= 0.3 is 18.0 Å². The number of rotatable bonds is 17. The molecule has 2 heterocycles. The smallest absolute Gasteiger partial charge is 0.415 e. The van der Waals surface area contributed by atoms with Crippen molar-refractivity contribution >= 4 is 11.5 Å². The van der Waals surface area contributed by atoms with Crippen LogP contribution in [0.25, 0.3) is 11.6 Å². The Morgan fingerprint density at radius 1 is 0.940 bits per heavy atom. The van der Waals surface area contributed by atoms with Crippen LogP contribution in [0.4, 0.5) is 37.8 Å². The Balaban J connectivity index is 1.80. The summed E-state index contributed by atoms with van der Waals surface area (Å²) in [6.45, 7) is 8.05.